The Balaban J connectivity index is 2.17. The summed E-state index contributed by atoms with van der Waals surface area (Å²) in [6, 6.07) is 5.97. The van der Waals surface area contributed by atoms with Gasteiger partial charge >= 0.3 is 6.18 Å². The Morgan fingerprint density at radius 2 is 2.00 bits per heavy atom. The van der Waals surface area contributed by atoms with Gasteiger partial charge in [-0.1, -0.05) is 6.07 Å². The van der Waals surface area contributed by atoms with Gasteiger partial charge in [0.2, 0.25) is 0 Å². The standard InChI is InChI=1S/C10H11F4NS/c11-8-2-1-3-9(6-8)16-5-4-15-7-10(12,13)14/h1-3,6,15H,4-5,7H2. The molecule has 0 aromatic heterocycles. The fourth-order valence-electron chi connectivity index (χ4n) is 1.03. The van der Waals surface area contributed by atoms with Gasteiger partial charge in [-0.3, -0.25) is 0 Å². The van der Waals surface area contributed by atoms with Crippen LogP contribution in [-0.2, 0) is 0 Å². The number of alkyl halides is 3. The lowest BCUT2D eigenvalue weighted by Gasteiger charge is -2.07. The van der Waals surface area contributed by atoms with E-state index < -0.39 is 12.7 Å². The normalized spacial score (nSPS) is 11.8. The third-order valence-corrected chi connectivity index (χ3v) is 2.66. The van der Waals surface area contributed by atoms with Crippen molar-refractivity contribution in [3.63, 3.8) is 0 Å². The lowest BCUT2D eigenvalue weighted by Crippen LogP contribution is -2.30. The minimum Gasteiger partial charge on any atom is -0.308 e. The van der Waals surface area contributed by atoms with E-state index in [4.69, 9.17) is 0 Å². The molecular formula is C10H11F4NS. The third-order valence-electron chi connectivity index (χ3n) is 1.67. The summed E-state index contributed by atoms with van der Waals surface area (Å²) in [6.07, 6.45) is -4.18. The van der Waals surface area contributed by atoms with E-state index in [1.165, 1.54) is 23.9 Å². The minimum absolute atomic E-state index is 0.237. The van der Waals surface area contributed by atoms with Crippen LogP contribution in [0.5, 0.6) is 0 Å². The SMILES string of the molecule is Fc1cccc(SCCNCC(F)(F)F)c1. The van der Waals surface area contributed by atoms with Crippen molar-refractivity contribution in [2.24, 2.45) is 0 Å². The molecule has 0 amide bonds. The van der Waals surface area contributed by atoms with Gasteiger partial charge in [0.15, 0.2) is 0 Å². The lowest BCUT2D eigenvalue weighted by molar-refractivity contribution is -0.124. The van der Waals surface area contributed by atoms with Crippen LogP contribution in [0.2, 0.25) is 0 Å². The minimum atomic E-state index is -4.18. The Labute approximate surface area is 95.2 Å². The second-order valence-corrected chi connectivity index (χ2v) is 4.27. The quantitative estimate of drug-likeness (QED) is 0.491. The Bertz CT molecular complexity index is 327. The number of benzene rings is 1. The summed E-state index contributed by atoms with van der Waals surface area (Å²) >= 11 is 1.32. The van der Waals surface area contributed by atoms with Crippen molar-refractivity contribution in [3.05, 3.63) is 30.1 Å². The number of hydrogen-bond acceptors (Lipinski definition) is 2. The average Bonchev–Trinajstić information content (AvgIpc) is 2.15. The van der Waals surface area contributed by atoms with Crippen molar-refractivity contribution < 1.29 is 17.6 Å². The highest BCUT2D eigenvalue weighted by Crippen LogP contribution is 2.18. The summed E-state index contributed by atoms with van der Waals surface area (Å²) in [4.78, 5) is 0.716. The van der Waals surface area contributed by atoms with Crippen LogP contribution < -0.4 is 5.32 Å². The van der Waals surface area contributed by atoms with Crippen molar-refractivity contribution in [3.8, 4) is 0 Å². The largest absolute Gasteiger partial charge is 0.401 e. The zero-order chi connectivity index (χ0) is 12.0. The van der Waals surface area contributed by atoms with Gasteiger partial charge in [-0.2, -0.15) is 13.2 Å². The number of rotatable bonds is 5. The first-order valence-electron chi connectivity index (χ1n) is 4.63. The highest BCUT2D eigenvalue weighted by molar-refractivity contribution is 7.99. The fourth-order valence-corrected chi connectivity index (χ4v) is 1.88. The van der Waals surface area contributed by atoms with Crippen LogP contribution in [-0.4, -0.2) is 25.0 Å². The molecule has 0 aliphatic carbocycles. The van der Waals surface area contributed by atoms with Crippen LogP contribution >= 0.6 is 11.8 Å². The van der Waals surface area contributed by atoms with E-state index in [1.807, 2.05) is 0 Å². The molecule has 0 atom stereocenters. The number of thioether (sulfide) groups is 1. The maximum Gasteiger partial charge on any atom is 0.401 e. The highest BCUT2D eigenvalue weighted by atomic mass is 32.2. The molecule has 1 aromatic rings. The maximum atomic E-state index is 12.7. The molecule has 0 saturated heterocycles. The van der Waals surface area contributed by atoms with E-state index in [0.29, 0.717) is 10.6 Å². The van der Waals surface area contributed by atoms with Crippen molar-refractivity contribution in [1.29, 1.82) is 0 Å². The molecule has 0 bridgehead atoms. The highest BCUT2D eigenvalue weighted by Gasteiger charge is 2.25. The van der Waals surface area contributed by atoms with Gasteiger partial charge in [0.05, 0.1) is 6.54 Å². The van der Waals surface area contributed by atoms with Crippen molar-refractivity contribution in [1.82, 2.24) is 5.32 Å². The molecule has 0 unspecified atom stereocenters. The zero-order valence-corrected chi connectivity index (χ0v) is 9.17. The Kier molecular flexibility index (Phi) is 5.08. The van der Waals surface area contributed by atoms with Crippen LogP contribution in [0, 0.1) is 5.82 Å². The number of hydrogen-bond donors (Lipinski definition) is 1. The molecule has 0 saturated carbocycles. The molecule has 1 rings (SSSR count). The van der Waals surface area contributed by atoms with Crippen molar-refractivity contribution in [2.45, 2.75) is 11.1 Å². The maximum absolute atomic E-state index is 12.7. The van der Waals surface area contributed by atoms with Gasteiger partial charge in [-0.05, 0) is 18.2 Å². The van der Waals surface area contributed by atoms with Gasteiger partial charge in [-0.15, -0.1) is 11.8 Å². The topological polar surface area (TPSA) is 12.0 Å². The molecule has 0 aliphatic heterocycles. The summed E-state index contributed by atoms with van der Waals surface area (Å²) in [6.45, 7) is -0.753. The number of halogens is 4. The predicted molar refractivity (Wildman–Crippen MR) is 56.0 cm³/mol. The predicted octanol–water partition coefficient (Wildman–Crippen LogP) is 3.07. The summed E-state index contributed by atoms with van der Waals surface area (Å²) < 4.78 is 47.9. The molecule has 0 radical (unpaired) electrons. The van der Waals surface area contributed by atoms with Crippen LogP contribution in [0.25, 0.3) is 0 Å². The monoisotopic (exact) mass is 253 g/mol. The molecule has 0 fully saturated rings. The van der Waals surface area contributed by atoms with Gasteiger partial charge in [0.1, 0.15) is 5.82 Å². The molecule has 90 valence electrons. The van der Waals surface area contributed by atoms with Crippen molar-refractivity contribution in [2.75, 3.05) is 18.8 Å². The molecular weight excluding hydrogens is 242 g/mol. The fraction of sp³-hybridized carbons (Fsp3) is 0.400. The lowest BCUT2D eigenvalue weighted by atomic mass is 10.4. The van der Waals surface area contributed by atoms with E-state index in [-0.39, 0.29) is 12.4 Å². The average molecular weight is 253 g/mol. The second-order valence-electron chi connectivity index (χ2n) is 3.10. The van der Waals surface area contributed by atoms with E-state index >= 15 is 0 Å². The smallest absolute Gasteiger partial charge is 0.308 e. The molecule has 1 nitrogen and oxygen atoms in total. The second kappa shape index (κ2) is 6.10. The Morgan fingerprint density at radius 1 is 1.25 bits per heavy atom. The zero-order valence-electron chi connectivity index (χ0n) is 8.35. The Hall–Kier alpha value is -0.750. The summed E-state index contributed by atoms with van der Waals surface area (Å²) in [7, 11) is 0. The number of nitrogens with one attached hydrogen (secondary N) is 1. The third kappa shape index (κ3) is 5.97. The van der Waals surface area contributed by atoms with E-state index in [1.54, 1.807) is 12.1 Å². The van der Waals surface area contributed by atoms with Crippen LogP contribution in [0.15, 0.2) is 29.2 Å². The van der Waals surface area contributed by atoms with Crippen LogP contribution in [0.3, 0.4) is 0 Å². The van der Waals surface area contributed by atoms with E-state index in [2.05, 4.69) is 5.32 Å². The van der Waals surface area contributed by atoms with Gasteiger partial charge in [0, 0.05) is 17.2 Å². The first-order chi connectivity index (χ1) is 7.47. The van der Waals surface area contributed by atoms with Crippen molar-refractivity contribution >= 4 is 11.8 Å². The summed E-state index contributed by atoms with van der Waals surface area (Å²) in [5.41, 5.74) is 0. The van der Waals surface area contributed by atoms with Gasteiger partial charge in [0.25, 0.3) is 0 Å². The van der Waals surface area contributed by atoms with Gasteiger partial charge < -0.3 is 5.32 Å². The van der Waals surface area contributed by atoms with E-state index in [0.717, 1.165) is 0 Å². The van der Waals surface area contributed by atoms with E-state index in [9.17, 15) is 17.6 Å². The summed E-state index contributed by atoms with van der Waals surface area (Å²) in [5.74, 6) is 0.132. The molecule has 0 aliphatic rings. The molecule has 0 spiro atoms. The molecule has 16 heavy (non-hydrogen) atoms. The first kappa shape index (κ1) is 13.3. The Morgan fingerprint density at radius 3 is 2.62 bits per heavy atom. The van der Waals surface area contributed by atoms with Crippen LogP contribution in [0.4, 0.5) is 17.6 Å². The molecule has 6 heteroatoms. The molecule has 1 aromatic carbocycles. The molecule has 1 N–H and O–H groups in total. The molecule has 0 heterocycles. The van der Waals surface area contributed by atoms with Gasteiger partial charge in [-0.25, -0.2) is 4.39 Å². The summed E-state index contributed by atoms with van der Waals surface area (Å²) in [5, 5.41) is 2.27. The first-order valence-corrected chi connectivity index (χ1v) is 5.62. The van der Waals surface area contributed by atoms with Crippen LogP contribution in [0.1, 0.15) is 0 Å².